The van der Waals surface area contributed by atoms with E-state index in [0.29, 0.717) is 12.4 Å². The standard InChI is InChI=1S/C21H21N3O2/c1-14-19(12-16-7-4-3-5-8-16)20(24-15(2)23-14)22-13-17-9-6-10-18(11-17)21(25)26/h3-11H,12-13H2,1-2H3,(H,25,26)(H,22,23,24). The summed E-state index contributed by atoms with van der Waals surface area (Å²) in [5.41, 5.74) is 4.37. The first-order valence-corrected chi connectivity index (χ1v) is 8.47. The first-order valence-electron chi connectivity index (χ1n) is 8.47. The Morgan fingerprint density at radius 3 is 2.46 bits per heavy atom. The second kappa shape index (κ2) is 7.78. The number of carboxylic acids is 1. The second-order valence-corrected chi connectivity index (χ2v) is 6.20. The molecule has 0 bridgehead atoms. The lowest BCUT2D eigenvalue weighted by molar-refractivity contribution is 0.0696. The number of carbonyl (C=O) groups is 1. The van der Waals surface area contributed by atoms with Crippen LogP contribution in [0, 0.1) is 13.8 Å². The molecule has 26 heavy (non-hydrogen) atoms. The topological polar surface area (TPSA) is 75.1 Å². The van der Waals surface area contributed by atoms with Crippen LogP contribution in [-0.2, 0) is 13.0 Å². The molecule has 0 radical (unpaired) electrons. The van der Waals surface area contributed by atoms with Crippen LogP contribution in [0.4, 0.5) is 5.82 Å². The summed E-state index contributed by atoms with van der Waals surface area (Å²) >= 11 is 0. The molecular formula is C21H21N3O2. The van der Waals surface area contributed by atoms with Gasteiger partial charge in [0.25, 0.3) is 0 Å². The van der Waals surface area contributed by atoms with Crippen LogP contribution in [0.5, 0.6) is 0 Å². The van der Waals surface area contributed by atoms with Crippen molar-refractivity contribution in [2.75, 3.05) is 5.32 Å². The zero-order valence-corrected chi connectivity index (χ0v) is 14.9. The first kappa shape index (κ1) is 17.6. The van der Waals surface area contributed by atoms with E-state index in [1.807, 2.05) is 38.1 Å². The van der Waals surface area contributed by atoms with Crippen molar-refractivity contribution in [2.24, 2.45) is 0 Å². The van der Waals surface area contributed by atoms with Gasteiger partial charge in [-0.1, -0.05) is 42.5 Å². The molecule has 0 amide bonds. The largest absolute Gasteiger partial charge is 0.478 e. The summed E-state index contributed by atoms with van der Waals surface area (Å²) in [6.45, 7) is 4.36. The average Bonchev–Trinajstić information content (AvgIpc) is 2.63. The number of carboxylic acid groups (broad SMARTS) is 1. The fraction of sp³-hybridized carbons (Fsp3) is 0.190. The molecule has 0 aliphatic carbocycles. The zero-order valence-electron chi connectivity index (χ0n) is 14.9. The maximum Gasteiger partial charge on any atom is 0.335 e. The Morgan fingerprint density at radius 2 is 1.73 bits per heavy atom. The van der Waals surface area contributed by atoms with Crippen molar-refractivity contribution >= 4 is 11.8 Å². The maximum absolute atomic E-state index is 11.1. The number of aromatic carboxylic acids is 1. The SMILES string of the molecule is Cc1nc(C)c(Cc2ccccc2)c(NCc2cccc(C(=O)O)c2)n1. The van der Waals surface area contributed by atoms with Gasteiger partial charge in [-0.3, -0.25) is 0 Å². The van der Waals surface area contributed by atoms with Crippen molar-refractivity contribution in [3.63, 3.8) is 0 Å². The monoisotopic (exact) mass is 347 g/mol. The van der Waals surface area contributed by atoms with Crippen LogP contribution in [0.2, 0.25) is 0 Å². The predicted octanol–water partition coefficient (Wildman–Crippen LogP) is 3.99. The van der Waals surface area contributed by atoms with Gasteiger partial charge in [0, 0.05) is 24.2 Å². The van der Waals surface area contributed by atoms with Crippen molar-refractivity contribution in [3.8, 4) is 0 Å². The van der Waals surface area contributed by atoms with E-state index < -0.39 is 5.97 Å². The number of anilines is 1. The summed E-state index contributed by atoms with van der Waals surface area (Å²) in [4.78, 5) is 20.2. The van der Waals surface area contributed by atoms with E-state index in [-0.39, 0.29) is 5.56 Å². The van der Waals surface area contributed by atoms with Crippen LogP contribution in [0.3, 0.4) is 0 Å². The third kappa shape index (κ3) is 4.25. The lowest BCUT2D eigenvalue weighted by Gasteiger charge is -2.14. The van der Waals surface area contributed by atoms with Crippen LogP contribution >= 0.6 is 0 Å². The van der Waals surface area contributed by atoms with E-state index in [4.69, 9.17) is 5.11 Å². The van der Waals surface area contributed by atoms with E-state index in [9.17, 15) is 4.79 Å². The molecular weight excluding hydrogens is 326 g/mol. The van der Waals surface area contributed by atoms with Crippen molar-refractivity contribution in [2.45, 2.75) is 26.8 Å². The number of aromatic nitrogens is 2. The van der Waals surface area contributed by atoms with Crippen LogP contribution in [0.15, 0.2) is 54.6 Å². The Kier molecular flexibility index (Phi) is 5.27. The Balaban J connectivity index is 1.85. The summed E-state index contributed by atoms with van der Waals surface area (Å²) in [5.74, 6) is 0.575. The van der Waals surface area contributed by atoms with E-state index in [0.717, 1.165) is 29.1 Å². The van der Waals surface area contributed by atoms with Gasteiger partial charge in [0.1, 0.15) is 11.6 Å². The Bertz CT molecular complexity index is 924. The molecule has 0 unspecified atom stereocenters. The minimum absolute atomic E-state index is 0.281. The number of aryl methyl sites for hydroxylation is 2. The Labute approximate surface area is 152 Å². The summed E-state index contributed by atoms with van der Waals surface area (Å²) in [6.07, 6.45) is 0.741. The lowest BCUT2D eigenvalue weighted by atomic mass is 10.0. The van der Waals surface area contributed by atoms with Gasteiger partial charge in [0.2, 0.25) is 0 Å². The number of rotatable bonds is 6. The molecule has 5 nitrogen and oxygen atoms in total. The van der Waals surface area contributed by atoms with Crippen LogP contribution in [-0.4, -0.2) is 21.0 Å². The van der Waals surface area contributed by atoms with Crippen molar-refractivity contribution < 1.29 is 9.90 Å². The highest BCUT2D eigenvalue weighted by Gasteiger charge is 2.11. The van der Waals surface area contributed by atoms with Crippen LogP contribution in [0.1, 0.15) is 38.6 Å². The van der Waals surface area contributed by atoms with Gasteiger partial charge in [-0.15, -0.1) is 0 Å². The van der Waals surface area contributed by atoms with E-state index in [1.54, 1.807) is 18.2 Å². The summed E-state index contributed by atoms with van der Waals surface area (Å²) < 4.78 is 0. The van der Waals surface area contributed by atoms with Crippen molar-refractivity contribution in [1.82, 2.24) is 9.97 Å². The number of hydrogen-bond donors (Lipinski definition) is 2. The predicted molar refractivity (Wildman–Crippen MR) is 101 cm³/mol. The third-order valence-corrected chi connectivity index (χ3v) is 4.18. The van der Waals surface area contributed by atoms with Gasteiger partial charge >= 0.3 is 5.97 Å². The minimum atomic E-state index is -0.926. The second-order valence-electron chi connectivity index (χ2n) is 6.20. The average molecular weight is 347 g/mol. The van der Waals surface area contributed by atoms with Gasteiger partial charge in [-0.05, 0) is 37.1 Å². The lowest BCUT2D eigenvalue weighted by Crippen LogP contribution is -2.10. The molecule has 0 atom stereocenters. The Hall–Kier alpha value is -3.21. The van der Waals surface area contributed by atoms with Crippen molar-refractivity contribution in [3.05, 3.63) is 88.4 Å². The zero-order chi connectivity index (χ0) is 18.5. The summed E-state index contributed by atoms with van der Waals surface area (Å²) in [6, 6.07) is 17.1. The van der Waals surface area contributed by atoms with E-state index in [2.05, 4.69) is 27.4 Å². The normalized spacial score (nSPS) is 10.5. The van der Waals surface area contributed by atoms with Crippen molar-refractivity contribution in [1.29, 1.82) is 0 Å². The molecule has 2 N–H and O–H groups in total. The van der Waals surface area contributed by atoms with Gasteiger partial charge < -0.3 is 10.4 Å². The number of nitrogens with one attached hydrogen (secondary N) is 1. The highest BCUT2D eigenvalue weighted by molar-refractivity contribution is 5.87. The molecule has 0 aliphatic rings. The molecule has 0 saturated carbocycles. The first-order chi connectivity index (χ1) is 12.5. The van der Waals surface area contributed by atoms with Gasteiger partial charge in [0.15, 0.2) is 0 Å². The van der Waals surface area contributed by atoms with E-state index >= 15 is 0 Å². The van der Waals surface area contributed by atoms with Crippen LogP contribution in [0.25, 0.3) is 0 Å². The van der Waals surface area contributed by atoms with E-state index in [1.165, 1.54) is 5.56 Å². The smallest absolute Gasteiger partial charge is 0.335 e. The number of benzene rings is 2. The summed E-state index contributed by atoms with van der Waals surface area (Å²) in [7, 11) is 0. The molecule has 2 aromatic carbocycles. The fourth-order valence-corrected chi connectivity index (χ4v) is 2.89. The molecule has 5 heteroatoms. The molecule has 1 heterocycles. The number of nitrogens with zero attached hydrogens (tertiary/aromatic N) is 2. The molecule has 0 spiro atoms. The quantitative estimate of drug-likeness (QED) is 0.705. The molecule has 0 fully saturated rings. The van der Waals surface area contributed by atoms with Gasteiger partial charge in [-0.25, -0.2) is 14.8 Å². The number of hydrogen-bond acceptors (Lipinski definition) is 4. The summed E-state index contributed by atoms with van der Waals surface area (Å²) in [5, 5.41) is 12.5. The molecule has 0 aliphatic heterocycles. The highest BCUT2D eigenvalue weighted by Crippen LogP contribution is 2.21. The Morgan fingerprint density at radius 1 is 1.00 bits per heavy atom. The van der Waals surface area contributed by atoms with Gasteiger partial charge in [-0.2, -0.15) is 0 Å². The highest BCUT2D eigenvalue weighted by atomic mass is 16.4. The molecule has 3 aromatic rings. The fourth-order valence-electron chi connectivity index (χ4n) is 2.89. The third-order valence-electron chi connectivity index (χ3n) is 4.18. The molecule has 0 saturated heterocycles. The molecule has 3 rings (SSSR count). The minimum Gasteiger partial charge on any atom is -0.478 e. The van der Waals surface area contributed by atoms with Gasteiger partial charge in [0.05, 0.1) is 5.56 Å². The molecule has 1 aromatic heterocycles. The van der Waals surface area contributed by atoms with Crippen LogP contribution < -0.4 is 5.32 Å². The molecule has 132 valence electrons. The maximum atomic E-state index is 11.1.